The molecule has 0 saturated carbocycles. The first-order valence-corrected chi connectivity index (χ1v) is 16.4. The molecule has 1 aliphatic heterocycles. The van der Waals surface area contributed by atoms with Crippen LogP contribution in [0.4, 0.5) is 5.69 Å². The van der Waals surface area contributed by atoms with Crippen molar-refractivity contribution in [1.29, 1.82) is 0 Å². The van der Waals surface area contributed by atoms with E-state index >= 15 is 0 Å². The number of piperazine rings is 1. The summed E-state index contributed by atoms with van der Waals surface area (Å²) in [6.45, 7) is 3.41. The number of nitrogens with one attached hydrogen (secondary N) is 1. The van der Waals surface area contributed by atoms with Crippen molar-refractivity contribution in [2.75, 3.05) is 37.7 Å². The Morgan fingerprint density at radius 2 is 1.50 bits per heavy atom. The van der Waals surface area contributed by atoms with Crippen LogP contribution in [-0.2, 0) is 6.42 Å². The minimum absolute atomic E-state index is 0.0320. The molecule has 6 aromatic rings. The quantitative estimate of drug-likeness (QED) is 0.117. The summed E-state index contributed by atoms with van der Waals surface area (Å²) in [5.74, 6) is -0.124. The average molecular weight is 636 g/mol. The van der Waals surface area contributed by atoms with E-state index in [1.165, 1.54) is 5.69 Å². The fraction of sp³-hybridized carbons (Fsp3) is 0.171. The van der Waals surface area contributed by atoms with Gasteiger partial charge in [0.25, 0.3) is 5.91 Å². The van der Waals surface area contributed by atoms with Crippen LogP contribution in [0.25, 0.3) is 33.8 Å². The number of hydrogen-bond acceptors (Lipinski definition) is 4. The van der Waals surface area contributed by atoms with Crippen LogP contribution in [0.2, 0.25) is 0 Å². The van der Waals surface area contributed by atoms with Crippen LogP contribution in [0.5, 0.6) is 5.75 Å². The molecule has 2 N–H and O–H groups in total. The highest BCUT2D eigenvalue weighted by Gasteiger charge is 2.22. The third-order valence-electron chi connectivity index (χ3n) is 9.04. The highest BCUT2D eigenvalue weighted by atomic mass is 16.5. The lowest BCUT2D eigenvalue weighted by molar-refractivity contribution is 0.0689. The van der Waals surface area contributed by atoms with Crippen LogP contribution in [0.3, 0.4) is 0 Å². The monoisotopic (exact) mass is 635 g/mol. The van der Waals surface area contributed by atoms with Crippen molar-refractivity contribution in [3.63, 3.8) is 0 Å². The molecular weight excluding hydrogens is 598 g/mol. The number of aryl methyl sites for hydroxylation is 1. The van der Waals surface area contributed by atoms with E-state index in [2.05, 4.69) is 34.1 Å². The second-order valence-electron chi connectivity index (χ2n) is 12.1. The largest absolute Gasteiger partial charge is 0.493 e. The Morgan fingerprint density at radius 3 is 2.33 bits per heavy atom. The summed E-state index contributed by atoms with van der Waals surface area (Å²) in [6, 6.07) is 38.0. The summed E-state index contributed by atoms with van der Waals surface area (Å²) in [5, 5.41) is 13.1. The molecule has 0 unspecified atom stereocenters. The zero-order valence-electron chi connectivity index (χ0n) is 26.6. The van der Waals surface area contributed by atoms with Crippen molar-refractivity contribution in [2.24, 2.45) is 0 Å². The van der Waals surface area contributed by atoms with Gasteiger partial charge in [-0.05, 0) is 65.3 Å². The number of aromatic amines is 1. The third-order valence-corrected chi connectivity index (χ3v) is 9.04. The fourth-order valence-electron chi connectivity index (χ4n) is 6.58. The molecule has 0 bridgehead atoms. The van der Waals surface area contributed by atoms with Crippen molar-refractivity contribution in [3.8, 4) is 5.75 Å². The molecule has 1 aromatic heterocycles. The molecule has 1 aliphatic rings. The predicted octanol–water partition coefficient (Wildman–Crippen LogP) is 8.16. The van der Waals surface area contributed by atoms with Gasteiger partial charge < -0.3 is 24.6 Å². The molecule has 240 valence electrons. The zero-order chi connectivity index (χ0) is 32.9. The van der Waals surface area contributed by atoms with Gasteiger partial charge in [0.1, 0.15) is 11.4 Å². The Morgan fingerprint density at radius 1 is 0.771 bits per heavy atom. The Hall–Kier alpha value is -5.82. The van der Waals surface area contributed by atoms with Gasteiger partial charge in [0.15, 0.2) is 0 Å². The normalized spacial score (nSPS) is 13.4. The number of carbonyl (C=O) groups excluding carboxylic acids is 1. The summed E-state index contributed by atoms with van der Waals surface area (Å²) >= 11 is 0. The van der Waals surface area contributed by atoms with Gasteiger partial charge in [-0.25, -0.2) is 4.79 Å². The molecule has 1 amide bonds. The molecule has 2 heterocycles. The maximum atomic E-state index is 13.4. The van der Waals surface area contributed by atoms with E-state index in [1.807, 2.05) is 108 Å². The molecule has 0 atom stereocenters. The summed E-state index contributed by atoms with van der Waals surface area (Å²) in [5.41, 5.74) is 5.37. The first-order chi connectivity index (χ1) is 23.5. The molecule has 1 fully saturated rings. The number of H-pyrrole nitrogens is 1. The van der Waals surface area contributed by atoms with Gasteiger partial charge in [-0.1, -0.05) is 97.1 Å². The summed E-state index contributed by atoms with van der Waals surface area (Å²) < 4.78 is 6.13. The molecule has 5 aromatic carbocycles. The number of carboxylic acid groups (broad SMARTS) is 1. The number of ether oxygens (including phenoxy) is 1. The smallest absolute Gasteiger partial charge is 0.352 e. The van der Waals surface area contributed by atoms with Crippen LogP contribution in [0, 0.1) is 0 Å². The van der Waals surface area contributed by atoms with E-state index in [0.717, 1.165) is 57.2 Å². The topological polar surface area (TPSA) is 85.9 Å². The lowest BCUT2D eigenvalue weighted by Gasteiger charge is -2.36. The van der Waals surface area contributed by atoms with Crippen molar-refractivity contribution < 1.29 is 19.4 Å². The van der Waals surface area contributed by atoms with Crippen LogP contribution in [0.15, 0.2) is 115 Å². The minimum atomic E-state index is -0.984. The van der Waals surface area contributed by atoms with Crippen molar-refractivity contribution in [2.45, 2.75) is 12.8 Å². The van der Waals surface area contributed by atoms with Gasteiger partial charge in [-0.2, -0.15) is 0 Å². The first-order valence-electron chi connectivity index (χ1n) is 16.4. The van der Waals surface area contributed by atoms with Crippen LogP contribution >= 0.6 is 0 Å². The van der Waals surface area contributed by atoms with Gasteiger partial charge in [0.2, 0.25) is 0 Å². The number of aromatic nitrogens is 1. The maximum absolute atomic E-state index is 13.4. The number of anilines is 1. The van der Waals surface area contributed by atoms with Gasteiger partial charge in [0, 0.05) is 48.2 Å². The van der Waals surface area contributed by atoms with Crippen LogP contribution in [-0.4, -0.2) is 59.7 Å². The Balaban J connectivity index is 1.04. The standard InChI is InChI=1S/C41H37N3O4/c45-40(44-25-23-43(24-26-44)33-15-2-1-3-16-33)32-14-6-10-29(28-32)21-22-31-13-7-18-35-36(39(41(46)47)42-38(31)35)19-9-27-48-37-20-8-12-30-11-4-5-17-34(30)37/h1-8,10-18,20-22,28,42H,9,19,23-27H2,(H,46,47)/b22-21+. The molecular formula is C41H37N3O4. The Labute approximate surface area is 279 Å². The van der Waals surface area contributed by atoms with E-state index in [9.17, 15) is 14.7 Å². The molecule has 7 rings (SSSR count). The van der Waals surface area contributed by atoms with Gasteiger partial charge >= 0.3 is 5.97 Å². The van der Waals surface area contributed by atoms with Crippen LogP contribution in [0.1, 0.15) is 44.0 Å². The maximum Gasteiger partial charge on any atom is 0.352 e. The van der Waals surface area contributed by atoms with Crippen molar-refractivity contribution in [3.05, 3.63) is 143 Å². The number of carboxylic acids is 1. The van der Waals surface area contributed by atoms with Gasteiger partial charge in [-0.15, -0.1) is 0 Å². The van der Waals surface area contributed by atoms with E-state index in [1.54, 1.807) is 0 Å². The lowest BCUT2D eigenvalue weighted by Crippen LogP contribution is -2.48. The SMILES string of the molecule is O=C(O)c1[nH]c2c(/C=C/c3cccc(C(=O)N4CCN(c5ccccc5)CC4)c3)cccc2c1CCCOc1cccc2ccccc12. The zero-order valence-corrected chi connectivity index (χ0v) is 26.6. The number of benzene rings is 5. The number of aromatic carboxylic acids is 1. The Kier molecular flexibility index (Phi) is 8.92. The second kappa shape index (κ2) is 13.9. The van der Waals surface area contributed by atoms with Crippen molar-refractivity contribution in [1.82, 2.24) is 9.88 Å². The minimum Gasteiger partial charge on any atom is -0.493 e. The first kappa shape index (κ1) is 30.8. The highest BCUT2D eigenvalue weighted by Crippen LogP contribution is 2.29. The molecule has 7 nitrogen and oxygen atoms in total. The molecule has 7 heteroatoms. The number of hydrogen-bond donors (Lipinski definition) is 2. The number of para-hydroxylation sites is 2. The van der Waals surface area contributed by atoms with E-state index < -0.39 is 5.97 Å². The van der Waals surface area contributed by atoms with Gasteiger partial charge in [-0.3, -0.25) is 4.79 Å². The summed E-state index contributed by atoms with van der Waals surface area (Å²) in [4.78, 5) is 33.1. The second-order valence-corrected chi connectivity index (χ2v) is 12.1. The van der Waals surface area contributed by atoms with Crippen LogP contribution < -0.4 is 9.64 Å². The number of rotatable bonds is 10. The summed E-state index contributed by atoms with van der Waals surface area (Å²) in [7, 11) is 0. The molecule has 1 saturated heterocycles. The molecule has 0 aliphatic carbocycles. The Bertz CT molecular complexity index is 2100. The van der Waals surface area contributed by atoms with E-state index in [4.69, 9.17) is 4.74 Å². The van der Waals surface area contributed by atoms with E-state index in [0.29, 0.717) is 38.1 Å². The van der Waals surface area contributed by atoms with E-state index in [-0.39, 0.29) is 11.6 Å². The third kappa shape index (κ3) is 6.53. The number of nitrogens with zero attached hydrogens (tertiary/aromatic N) is 2. The van der Waals surface area contributed by atoms with Gasteiger partial charge in [0.05, 0.1) is 12.1 Å². The molecule has 0 radical (unpaired) electrons. The number of carbonyl (C=O) groups is 2. The lowest BCUT2D eigenvalue weighted by atomic mass is 10.0. The average Bonchev–Trinajstić information content (AvgIpc) is 3.52. The molecule has 48 heavy (non-hydrogen) atoms. The highest BCUT2D eigenvalue weighted by molar-refractivity contribution is 6.01. The number of fused-ring (bicyclic) bond motifs is 2. The fourth-order valence-corrected chi connectivity index (χ4v) is 6.58. The van der Waals surface area contributed by atoms with Crippen molar-refractivity contribution >= 4 is 51.4 Å². The molecule has 0 spiro atoms. The predicted molar refractivity (Wildman–Crippen MR) is 193 cm³/mol. The number of amides is 1. The summed E-state index contributed by atoms with van der Waals surface area (Å²) in [6.07, 6.45) is 5.17.